The van der Waals surface area contributed by atoms with E-state index in [2.05, 4.69) is 66.4 Å². The van der Waals surface area contributed by atoms with Gasteiger partial charge in [0.2, 0.25) is 0 Å². The highest BCUT2D eigenvalue weighted by Crippen LogP contribution is 2.52. The molecule has 1 nitrogen and oxygen atoms in total. The first kappa shape index (κ1) is 15.6. The molecule has 0 amide bonds. The smallest absolute Gasteiger partial charge is 0.0234 e. The second-order valence-electron chi connectivity index (χ2n) is 7.08. The molecule has 3 fully saturated rings. The fraction of sp³-hybridized carbons (Fsp3) is 0.400. The van der Waals surface area contributed by atoms with Crippen LogP contribution in [0.3, 0.4) is 0 Å². The van der Waals surface area contributed by atoms with Crippen LogP contribution in [-0.4, -0.2) is 18.0 Å². The van der Waals surface area contributed by atoms with E-state index in [1.165, 1.54) is 37.1 Å². The molecule has 22 heavy (non-hydrogen) atoms. The lowest BCUT2D eigenvalue weighted by molar-refractivity contribution is -0.00802. The van der Waals surface area contributed by atoms with Crippen molar-refractivity contribution in [3.8, 4) is 0 Å². The second kappa shape index (κ2) is 6.06. The molecule has 0 spiro atoms. The molecule has 0 unspecified atom stereocenters. The lowest BCUT2D eigenvalue weighted by Crippen LogP contribution is -2.58. The molecule has 2 heterocycles. The summed E-state index contributed by atoms with van der Waals surface area (Å²) in [6.45, 7) is 5.79. The van der Waals surface area contributed by atoms with Crippen molar-refractivity contribution in [3.63, 3.8) is 0 Å². The molecular formula is C20H24ClN. The summed E-state index contributed by atoms with van der Waals surface area (Å²) in [5.41, 5.74) is 4.82. The SMILES string of the molecule is Cc1cccc(CN2CC3CC(c4ccccc4)(C3)C2)c1.Cl. The Kier molecular flexibility index (Phi) is 4.29. The zero-order valence-electron chi connectivity index (χ0n) is 13.2. The van der Waals surface area contributed by atoms with E-state index >= 15 is 0 Å². The van der Waals surface area contributed by atoms with Gasteiger partial charge in [-0.05, 0) is 36.8 Å². The Labute approximate surface area is 139 Å². The van der Waals surface area contributed by atoms with E-state index in [9.17, 15) is 0 Å². The van der Waals surface area contributed by atoms with Gasteiger partial charge in [-0.15, -0.1) is 12.4 Å². The molecule has 2 bridgehead atoms. The molecule has 2 saturated heterocycles. The topological polar surface area (TPSA) is 3.24 Å². The molecule has 5 rings (SSSR count). The van der Waals surface area contributed by atoms with Crippen LogP contribution in [-0.2, 0) is 12.0 Å². The van der Waals surface area contributed by atoms with Gasteiger partial charge in [-0.3, -0.25) is 4.90 Å². The number of nitrogens with zero attached hydrogens (tertiary/aromatic N) is 1. The highest BCUT2D eigenvalue weighted by molar-refractivity contribution is 5.85. The Bertz CT molecular complexity index is 631. The van der Waals surface area contributed by atoms with Gasteiger partial charge in [0.25, 0.3) is 0 Å². The molecule has 1 saturated carbocycles. The quantitative estimate of drug-likeness (QED) is 0.801. The van der Waals surface area contributed by atoms with Crippen molar-refractivity contribution in [3.05, 3.63) is 71.3 Å². The summed E-state index contributed by atoms with van der Waals surface area (Å²) in [7, 11) is 0. The van der Waals surface area contributed by atoms with Gasteiger partial charge in [-0.25, -0.2) is 0 Å². The van der Waals surface area contributed by atoms with Crippen molar-refractivity contribution in [2.24, 2.45) is 5.92 Å². The number of hydrogen-bond acceptors (Lipinski definition) is 1. The third-order valence-corrected chi connectivity index (χ3v) is 5.28. The van der Waals surface area contributed by atoms with Gasteiger partial charge in [-0.1, -0.05) is 60.2 Å². The fourth-order valence-corrected chi connectivity index (χ4v) is 4.47. The van der Waals surface area contributed by atoms with E-state index in [1.807, 2.05) is 0 Å². The number of rotatable bonds is 3. The van der Waals surface area contributed by atoms with E-state index in [1.54, 1.807) is 5.56 Å². The maximum absolute atomic E-state index is 2.67. The zero-order chi connectivity index (χ0) is 14.3. The average molecular weight is 314 g/mol. The fourth-order valence-electron chi connectivity index (χ4n) is 4.47. The van der Waals surface area contributed by atoms with Gasteiger partial charge < -0.3 is 0 Å². The van der Waals surface area contributed by atoms with Crippen LogP contribution in [0.4, 0.5) is 0 Å². The first-order valence-corrected chi connectivity index (χ1v) is 8.07. The number of benzene rings is 2. The van der Waals surface area contributed by atoms with E-state index in [-0.39, 0.29) is 12.4 Å². The highest BCUT2D eigenvalue weighted by atomic mass is 35.5. The van der Waals surface area contributed by atoms with E-state index in [0.29, 0.717) is 5.41 Å². The molecule has 2 aromatic carbocycles. The molecule has 2 aliphatic heterocycles. The summed E-state index contributed by atoms with van der Waals surface area (Å²) in [5.74, 6) is 0.906. The molecule has 0 radical (unpaired) electrons. The molecule has 2 aromatic rings. The Hall–Kier alpha value is -1.31. The van der Waals surface area contributed by atoms with Crippen molar-refractivity contribution < 1.29 is 0 Å². The van der Waals surface area contributed by atoms with Crippen LogP contribution < -0.4 is 0 Å². The van der Waals surface area contributed by atoms with Gasteiger partial charge in [0.15, 0.2) is 0 Å². The minimum absolute atomic E-state index is 0. The van der Waals surface area contributed by atoms with E-state index < -0.39 is 0 Å². The molecule has 116 valence electrons. The van der Waals surface area contributed by atoms with Crippen LogP contribution in [0.5, 0.6) is 0 Å². The number of halogens is 1. The average Bonchev–Trinajstić information content (AvgIpc) is 2.47. The van der Waals surface area contributed by atoms with Crippen LogP contribution in [0.1, 0.15) is 29.5 Å². The molecule has 0 N–H and O–H groups in total. The van der Waals surface area contributed by atoms with Crippen molar-refractivity contribution in [2.45, 2.75) is 31.7 Å². The Morgan fingerprint density at radius 1 is 1.05 bits per heavy atom. The third-order valence-electron chi connectivity index (χ3n) is 5.28. The largest absolute Gasteiger partial charge is 0.298 e. The Balaban J connectivity index is 0.00000144. The highest BCUT2D eigenvalue weighted by Gasteiger charge is 2.50. The summed E-state index contributed by atoms with van der Waals surface area (Å²) in [5, 5.41) is 0. The Morgan fingerprint density at radius 3 is 2.55 bits per heavy atom. The molecule has 3 aliphatic rings. The molecule has 1 aliphatic carbocycles. The predicted molar refractivity (Wildman–Crippen MR) is 94.5 cm³/mol. The molecule has 0 aromatic heterocycles. The third kappa shape index (κ3) is 2.80. The van der Waals surface area contributed by atoms with Crippen LogP contribution in [0.2, 0.25) is 0 Å². The normalized spacial score (nSPS) is 26.9. The van der Waals surface area contributed by atoms with E-state index in [4.69, 9.17) is 0 Å². The number of hydrogen-bond donors (Lipinski definition) is 0. The van der Waals surface area contributed by atoms with Crippen LogP contribution in [0.25, 0.3) is 0 Å². The van der Waals surface area contributed by atoms with Gasteiger partial charge in [0.05, 0.1) is 0 Å². The minimum atomic E-state index is 0. The summed E-state index contributed by atoms with van der Waals surface area (Å²) >= 11 is 0. The number of piperidine rings is 2. The van der Waals surface area contributed by atoms with Gasteiger partial charge in [0.1, 0.15) is 0 Å². The van der Waals surface area contributed by atoms with Crippen LogP contribution in [0, 0.1) is 12.8 Å². The van der Waals surface area contributed by atoms with Gasteiger partial charge in [0, 0.05) is 25.0 Å². The maximum atomic E-state index is 2.67. The lowest BCUT2D eigenvalue weighted by Gasteiger charge is -2.57. The summed E-state index contributed by atoms with van der Waals surface area (Å²) in [6.07, 6.45) is 2.78. The monoisotopic (exact) mass is 313 g/mol. The summed E-state index contributed by atoms with van der Waals surface area (Å²) in [4.78, 5) is 2.67. The van der Waals surface area contributed by atoms with Gasteiger partial charge >= 0.3 is 0 Å². The summed E-state index contributed by atoms with van der Waals surface area (Å²) in [6, 6.07) is 20.1. The summed E-state index contributed by atoms with van der Waals surface area (Å²) < 4.78 is 0. The van der Waals surface area contributed by atoms with Crippen molar-refractivity contribution in [1.82, 2.24) is 4.90 Å². The number of aryl methyl sites for hydroxylation is 1. The lowest BCUT2D eigenvalue weighted by atomic mass is 9.56. The van der Waals surface area contributed by atoms with Crippen molar-refractivity contribution in [2.75, 3.05) is 13.1 Å². The van der Waals surface area contributed by atoms with Gasteiger partial charge in [-0.2, -0.15) is 0 Å². The van der Waals surface area contributed by atoms with Crippen molar-refractivity contribution in [1.29, 1.82) is 0 Å². The molecule has 0 atom stereocenters. The van der Waals surface area contributed by atoms with E-state index in [0.717, 1.165) is 12.5 Å². The van der Waals surface area contributed by atoms with Crippen LogP contribution >= 0.6 is 12.4 Å². The van der Waals surface area contributed by atoms with Crippen molar-refractivity contribution >= 4 is 12.4 Å². The van der Waals surface area contributed by atoms with Crippen LogP contribution in [0.15, 0.2) is 54.6 Å². The minimum Gasteiger partial charge on any atom is -0.298 e. The standard InChI is InChI=1S/C20H23N.ClH/c1-16-6-5-7-17(10-16)13-21-14-18-11-20(12-18,15-21)19-8-3-2-4-9-19;/h2-10,18H,11-15H2,1H3;1H. The number of fused-ring (bicyclic) bond motifs is 2. The Morgan fingerprint density at radius 2 is 1.82 bits per heavy atom. The maximum Gasteiger partial charge on any atom is 0.0234 e. The first-order chi connectivity index (χ1) is 10.2. The molecule has 2 heteroatoms. The predicted octanol–water partition coefficient (Wildman–Crippen LogP) is 4.58. The zero-order valence-corrected chi connectivity index (χ0v) is 14.0. The second-order valence-corrected chi connectivity index (χ2v) is 7.08. The first-order valence-electron chi connectivity index (χ1n) is 8.07. The molecular weight excluding hydrogens is 290 g/mol.